The zero-order valence-corrected chi connectivity index (χ0v) is 12.3. The molecule has 3 N–H and O–H groups in total. The molecule has 0 radical (unpaired) electrons. The maximum atomic E-state index is 12.2. The predicted octanol–water partition coefficient (Wildman–Crippen LogP) is 0.569. The van der Waals surface area contributed by atoms with Crippen molar-refractivity contribution in [3.05, 3.63) is 29.8 Å². The molecular weight excluding hydrogens is 280 g/mol. The van der Waals surface area contributed by atoms with Gasteiger partial charge in [0.15, 0.2) is 0 Å². The van der Waals surface area contributed by atoms with Crippen LogP contribution in [0, 0.1) is 0 Å². The van der Waals surface area contributed by atoms with Gasteiger partial charge in [0, 0.05) is 25.8 Å². The van der Waals surface area contributed by atoms with Crippen LogP contribution in [-0.4, -0.2) is 43.9 Å². The van der Waals surface area contributed by atoms with E-state index in [2.05, 4.69) is 0 Å². The van der Waals surface area contributed by atoms with Crippen LogP contribution in [0.25, 0.3) is 0 Å². The summed E-state index contributed by atoms with van der Waals surface area (Å²) >= 11 is 0. The summed E-state index contributed by atoms with van der Waals surface area (Å²) in [5.41, 5.74) is 5.38. The van der Waals surface area contributed by atoms with Crippen molar-refractivity contribution in [3.8, 4) is 0 Å². The number of benzene rings is 1. The monoisotopic (exact) mass is 300 g/mol. The summed E-state index contributed by atoms with van der Waals surface area (Å²) in [4.78, 5) is 11.1. The second-order valence-electron chi connectivity index (χ2n) is 4.50. The molecule has 0 unspecified atom stereocenters. The Morgan fingerprint density at radius 1 is 1.20 bits per heavy atom. The molecule has 0 heterocycles. The molecule has 1 aromatic carbocycles. The van der Waals surface area contributed by atoms with Gasteiger partial charge in [-0.1, -0.05) is 0 Å². The summed E-state index contributed by atoms with van der Waals surface area (Å²) in [6, 6.07) is 5.54. The minimum absolute atomic E-state index is 0.116. The first kappa shape index (κ1) is 16.6. The van der Waals surface area contributed by atoms with E-state index in [1.807, 2.05) is 0 Å². The highest BCUT2D eigenvalue weighted by molar-refractivity contribution is 7.89. The number of hydrogen-bond acceptors (Lipinski definition) is 4. The minimum atomic E-state index is -3.55. The number of carbonyl (C=O) groups excluding carboxylic acids is 1. The standard InChI is InChI=1S/C13H20N2O4S/c1-15(9-3-2-4-10-16)20(18,19)12-7-5-11(6-8-12)13(14)17/h5-8,16H,2-4,9-10H2,1H3,(H2,14,17). The number of carbonyl (C=O) groups is 1. The van der Waals surface area contributed by atoms with E-state index in [0.717, 1.165) is 6.42 Å². The van der Waals surface area contributed by atoms with Gasteiger partial charge in [0.05, 0.1) is 4.90 Å². The van der Waals surface area contributed by atoms with Crippen LogP contribution in [-0.2, 0) is 10.0 Å². The molecule has 0 saturated carbocycles. The second kappa shape index (κ2) is 7.37. The van der Waals surface area contributed by atoms with Crippen LogP contribution in [0.4, 0.5) is 0 Å². The smallest absolute Gasteiger partial charge is 0.248 e. The van der Waals surface area contributed by atoms with E-state index in [0.29, 0.717) is 19.4 Å². The van der Waals surface area contributed by atoms with Gasteiger partial charge in [-0.15, -0.1) is 0 Å². The Kier molecular flexibility index (Phi) is 6.12. The van der Waals surface area contributed by atoms with E-state index in [-0.39, 0.29) is 17.1 Å². The number of unbranched alkanes of at least 4 members (excludes halogenated alkanes) is 2. The predicted molar refractivity (Wildman–Crippen MR) is 75.7 cm³/mol. The van der Waals surface area contributed by atoms with Crippen LogP contribution in [0.3, 0.4) is 0 Å². The minimum Gasteiger partial charge on any atom is -0.396 e. The van der Waals surface area contributed by atoms with E-state index in [4.69, 9.17) is 10.8 Å². The maximum Gasteiger partial charge on any atom is 0.248 e. The molecule has 0 spiro atoms. The van der Waals surface area contributed by atoms with Gasteiger partial charge in [-0.05, 0) is 43.5 Å². The van der Waals surface area contributed by atoms with Gasteiger partial charge in [0.2, 0.25) is 15.9 Å². The molecule has 1 aromatic rings. The molecule has 7 heteroatoms. The number of sulfonamides is 1. The topological polar surface area (TPSA) is 101 Å². The van der Waals surface area contributed by atoms with Gasteiger partial charge in [0.25, 0.3) is 0 Å². The number of nitrogens with two attached hydrogens (primary N) is 1. The summed E-state index contributed by atoms with van der Waals surface area (Å²) < 4.78 is 25.7. The van der Waals surface area contributed by atoms with E-state index in [1.165, 1.54) is 35.6 Å². The van der Waals surface area contributed by atoms with Gasteiger partial charge >= 0.3 is 0 Å². The molecule has 20 heavy (non-hydrogen) atoms. The Balaban J connectivity index is 2.74. The van der Waals surface area contributed by atoms with E-state index in [9.17, 15) is 13.2 Å². The highest BCUT2D eigenvalue weighted by Gasteiger charge is 2.20. The molecule has 1 amide bonds. The summed E-state index contributed by atoms with van der Waals surface area (Å²) in [6.45, 7) is 0.505. The van der Waals surface area contributed by atoms with Crippen LogP contribution in [0.1, 0.15) is 29.6 Å². The van der Waals surface area contributed by atoms with E-state index in [1.54, 1.807) is 0 Å². The summed E-state index contributed by atoms with van der Waals surface area (Å²) in [6.07, 6.45) is 2.13. The molecule has 0 bridgehead atoms. The Morgan fingerprint density at radius 2 is 1.80 bits per heavy atom. The van der Waals surface area contributed by atoms with Gasteiger partial charge in [-0.25, -0.2) is 12.7 Å². The largest absolute Gasteiger partial charge is 0.396 e. The first-order valence-corrected chi connectivity index (χ1v) is 7.80. The van der Waals surface area contributed by atoms with Crippen LogP contribution >= 0.6 is 0 Å². The lowest BCUT2D eigenvalue weighted by Gasteiger charge is -2.17. The van der Waals surface area contributed by atoms with Crippen molar-refractivity contribution in [3.63, 3.8) is 0 Å². The van der Waals surface area contributed by atoms with Crippen LogP contribution in [0.5, 0.6) is 0 Å². The molecule has 6 nitrogen and oxygen atoms in total. The lowest BCUT2D eigenvalue weighted by Crippen LogP contribution is -2.28. The molecule has 0 fully saturated rings. The number of hydrogen-bond donors (Lipinski definition) is 2. The fraction of sp³-hybridized carbons (Fsp3) is 0.462. The fourth-order valence-corrected chi connectivity index (χ4v) is 2.92. The lowest BCUT2D eigenvalue weighted by molar-refractivity contribution is 0.1000. The number of nitrogens with zero attached hydrogens (tertiary/aromatic N) is 1. The van der Waals surface area contributed by atoms with E-state index < -0.39 is 15.9 Å². The quantitative estimate of drug-likeness (QED) is 0.685. The molecule has 1 rings (SSSR count). The fourth-order valence-electron chi connectivity index (χ4n) is 1.71. The number of aliphatic hydroxyl groups is 1. The van der Waals surface area contributed by atoms with Crippen LogP contribution in [0.15, 0.2) is 29.2 Å². The van der Waals surface area contributed by atoms with Crippen molar-refractivity contribution >= 4 is 15.9 Å². The van der Waals surface area contributed by atoms with Gasteiger partial charge in [0.1, 0.15) is 0 Å². The van der Waals surface area contributed by atoms with Crippen molar-refractivity contribution in [1.29, 1.82) is 0 Å². The summed E-state index contributed by atoms with van der Waals surface area (Å²) in [5, 5.41) is 8.67. The lowest BCUT2D eigenvalue weighted by atomic mass is 10.2. The Morgan fingerprint density at radius 3 is 2.30 bits per heavy atom. The van der Waals surface area contributed by atoms with E-state index >= 15 is 0 Å². The highest BCUT2D eigenvalue weighted by Crippen LogP contribution is 2.15. The summed E-state index contributed by atoms with van der Waals surface area (Å²) in [7, 11) is -2.04. The molecule has 112 valence electrons. The summed E-state index contributed by atoms with van der Waals surface area (Å²) in [5.74, 6) is -0.591. The maximum absolute atomic E-state index is 12.2. The molecule has 0 aliphatic heterocycles. The third kappa shape index (κ3) is 4.29. The molecule has 0 aliphatic carbocycles. The SMILES string of the molecule is CN(CCCCCO)S(=O)(=O)c1ccc(C(N)=O)cc1. The Hall–Kier alpha value is -1.44. The number of primary amides is 1. The second-order valence-corrected chi connectivity index (χ2v) is 6.54. The van der Waals surface area contributed by atoms with Crippen molar-refractivity contribution < 1.29 is 18.3 Å². The molecule has 0 aromatic heterocycles. The molecule has 0 atom stereocenters. The zero-order valence-electron chi connectivity index (χ0n) is 11.4. The van der Waals surface area contributed by atoms with Gasteiger partial charge in [-0.3, -0.25) is 4.79 Å². The number of rotatable bonds is 8. The van der Waals surface area contributed by atoms with Crippen LogP contribution < -0.4 is 5.73 Å². The average molecular weight is 300 g/mol. The van der Waals surface area contributed by atoms with Crippen LogP contribution in [0.2, 0.25) is 0 Å². The third-order valence-electron chi connectivity index (χ3n) is 2.98. The molecular formula is C13H20N2O4S. The van der Waals surface area contributed by atoms with Crippen molar-refractivity contribution in [2.75, 3.05) is 20.2 Å². The first-order chi connectivity index (χ1) is 9.39. The van der Waals surface area contributed by atoms with Crippen molar-refractivity contribution in [2.24, 2.45) is 5.73 Å². The van der Waals surface area contributed by atoms with Gasteiger partial charge < -0.3 is 10.8 Å². The molecule has 0 aliphatic rings. The first-order valence-electron chi connectivity index (χ1n) is 6.36. The number of amides is 1. The van der Waals surface area contributed by atoms with Gasteiger partial charge in [-0.2, -0.15) is 0 Å². The normalized spacial score (nSPS) is 11.8. The third-order valence-corrected chi connectivity index (χ3v) is 4.85. The average Bonchev–Trinajstić information content (AvgIpc) is 2.43. The molecule has 0 saturated heterocycles. The van der Waals surface area contributed by atoms with Crippen molar-refractivity contribution in [1.82, 2.24) is 4.31 Å². The zero-order chi connectivity index (χ0) is 15.2. The number of aliphatic hydroxyl groups excluding tert-OH is 1. The highest BCUT2D eigenvalue weighted by atomic mass is 32.2. The Labute approximate surface area is 119 Å². The van der Waals surface area contributed by atoms with Crippen molar-refractivity contribution in [2.45, 2.75) is 24.2 Å². The Bertz CT molecular complexity index is 540.